The number of likely N-dealkylation sites (N-methyl/N-ethyl adjacent to an activating group) is 1. The van der Waals surface area contributed by atoms with Gasteiger partial charge in [-0.1, -0.05) is 6.07 Å². The molecule has 50 heavy (non-hydrogen) atoms. The molecule has 1 saturated carbocycles. The monoisotopic (exact) mass is 694 g/mol. The van der Waals surface area contributed by atoms with Gasteiger partial charge in [0, 0.05) is 63.6 Å². The highest BCUT2D eigenvalue weighted by Gasteiger charge is 2.72. The predicted octanol–water partition coefficient (Wildman–Crippen LogP) is 1.55. The maximum Gasteiger partial charge on any atom is 0.414 e. The van der Waals surface area contributed by atoms with Gasteiger partial charge in [-0.05, 0) is 75.6 Å². The molecule has 5 aliphatic rings. The highest BCUT2D eigenvalue weighted by Crippen LogP contribution is 2.65. The van der Waals surface area contributed by atoms with E-state index in [1.807, 2.05) is 6.07 Å². The van der Waals surface area contributed by atoms with E-state index in [0.29, 0.717) is 61.8 Å². The van der Waals surface area contributed by atoms with Gasteiger partial charge in [-0.15, -0.1) is 0 Å². The Bertz CT molecular complexity index is 1590. The molecule has 1 spiro atoms. The quantitative estimate of drug-likeness (QED) is 0.0847. The number of likely N-dealkylation sites (tertiary alicyclic amines) is 1. The number of hydrogen-bond acceptors (Lipinski definition) is 10. The summed E-state index contributed by atoms with van der Waals surface area (Å²) in [6, 6.07) is 3.92. The third kappa shape index (κ3) is 6.67. The standard InChI is InChI=1S/C36H50N6O8/c1-21(43)17-25(44)18-24(5-4-13-40-33(37)38)32(45)39-14-16-41(2)34(46)49-27-10-11-36(47)28-19-23-8-9-26(48-3)30-29(23)35(36,31(27)50-30)12-15-42(28)20-22-6-7-22/h8-10,22,24,28,31,47H,4-7,11-20H2,1-3H3,(H,39,45)(H4,37,38,40)/t24-,28+,31-,35-,36+/m0/s1. The Labute approximate surface area is 292 Å². The molecule has 2 heterocycles. The molecule has 0 radical (unpaired) electrons. The van der Waals surface area contributed by atoms with Crippen LogP contribution in [0.15, 0.2) is 29.0 Å². The number of ketones is 2. The number of benzene rings is 1. The maximum atomic E-state index is 13.5. The second kappa shape index (κ2) is 14.2. The van der Waals surface area contributed by atoms with Gasteiger partial charge in [0.05, 0.1) is 24.5 Å². The van der Waals surface area contributed by atoms with E-state index in [4.69, 9.17) is 25.7 Å². The smallest absolute Gasteiger partial charge is 0.414 e. The average Bonchev–Trinajstić information content (AvgIpc) is 3.81. The average molecular weight is 695 g/mol. The second-order valence-electron chi connectivity index (χ2n) is 14.6. The number of nitrogens with two attached hydrogens (primary N) is 2. The lowest BCUT2D eigenvalue weighted by molar-refractivity contribution is -0.169. The van der Waals surface area contributed by atoms with Gasteiger partial charge in [-0.3, -0.25) is 24.3 Å². The van der Waals surface area contributed by atoms with Gasteiger partial charge in [-0.2, -0.15) is 0 Å². The molecule has 6 N–H and O–H groups in total. The van der Waals surface area contributed by atoms with Crippen LogP contribution in [0.25, 0.3) is 0 Å². The lowest BCUT2D eigenvalue weighted by Crippen LogP contribution is -2.75. The number of guanidine groups is 1. The van der Waals surface area contributed by atoms with Gasteiger partial charge in [0.25, 0.3) is 0 Å². The zero-order chi connectivity index (χ0) is 35.8. The maximum absolute atomic E-state index is 13.5. The fraction of sp³-hybridized carbons (Fsp3) is 0.639. The van der Waals surface area contributed by atoms with Crippen LogP contribution in [0.1, 0.15) is 69.4 Å². The number of rotatable bonds is 16. The molecule has 0 unspecified atom stereocenters. The molecular formula is C36H50N6O8. The lowest BCUT2D eigenvalue weighted by Gasteiger charge is -2.62. The molecule has 1 aromatic rings. The molecule has 272 valence electrons. The van der Waals surface area contributed by atoms with Crippen LogP contribution >= 0.6 is 0 Å². The SMILES string of the molecule is COc1ccc2c3c1O[C@H]1C(OC(=O)N(C)CCNC(=O)[C@@H](CCCN=C(N)N)CC(=O)CC(C)=O)=CC[C@@]4(O)[C@@H](C2)N(CC2CC2)CC[C@]314. The van der Waals surface area contributed by atoms with Crippen LogP contribution in [0.2, 0.25) is 0 Å². The minimum absolute atomic E-state index is 0.0568. The normalized spacial score (nSPS) is 26.4. The molecule has 1 saturated heterocycles. The molecule has 14 nitrogen and oxygen atoms in total. The zero-order valence-electron chi connectivity index (χ0n) is 29.2. The molecule has 2 bridgehead atoms. The van der Waals surface area contributed by atoms with E-state index in [0.717, 1.165) is 24.2 Å². The summed E-state index contributed by atoms with van der Waals surface area (Å²) in [4.78, 5) is 58.1. The molecule has 2 amide bonds. The second-order valence-corrected chi connectivity index (χ2v) is 14.6. The largest absolute Gasteiger partial charge is 0.493 e. The number of piperidine rings is 1. The Morgan fingerprint density at radius 3 is 2.72 bits per heavy atom. The van der Waals surface area contributed by atoms with Crippen LogP contribution in [0.5, 0.6) is 11.5 Å². The molecule has 2 fully saturated rings. The Balaban J connectivity index is 1.12. The summed E-state index contributed by atoms with van der Waals surface area (Å²) in [7, 11) is 3.18. The summed E-state index contributed by atoms with van der Waals surface area (Å²) in [5, 5.41) is 15.5. The number of nitrogens with zero attached hydrogens (tertiary/aromatic N) is 3. The van der Waals surface area contributed by atoms with Crippen LogP contribution in [0.3, 0.4) is 0 Å². The summed E-state index contributed by atoms with van der Waals surface area (Å²) in [6.45, 7) is 3.68. The van der Waals surface area contributed by atoms with E-state index in [-0.39, 0.29) is 55.4 Å². The summed E-state index contributed by atoms with van der Waals surface area (Å²) in [6.07, 6.45) is 5.14. The van der Waals surface area contributed by atoms with Crippen LogP contribution in [-0.4, -0.2) is 109 Å². The van der Waals surface area contributed by atoms with Crippen LogP contribution < -0.4 is 26.3 Å². The number of carbonyl (C=O) groups is 4. The number of methoxy groups -OCH3 is 1. The first-order valence-corrected chi connectivity index (χ1v) is 17.7. The fourth-order valence-electron chi connectivity index (χ4n) is 8.57. The van der Waals surface area contributed by atoms with Crippen molar-refractivity contribution >= 4 is 29.5 Å². The number of carbonyl (C=O) groups excluding carboxylic acids is 4. The van der Waals surface area contributed by atoms with Crippen molar-refractivity contribution in [1.29, 1.82) is 0 Å². The first-order chi connectivity index (χ1) is 23.9. The molecule has 5 atom stereocenters. The summed E-state index contributed by atoms with van der Waals surface area (Å²) >= 11 is 0. The molecule has 3 aliphatic carbocycles. The van der Waals surface area contributed by atoms with E-state index in [9.17, 15) is 24.3 Å². The van der Waals surface area contributed by atoms with E-state index in [1.165, 1.54) is 24.7 Å². The third-order valence-corrected chi connectivity index (χ3v) is 11.2. The van der Waals surface area contributed by atoms with Crippen molar-refractivity contribution < 1.29 is 38.5 Å². The predicted molar refractivity (Wildman–Crippen MR) is 184 cm³/mol. The Morgan fingerprint density at radius 1 is 1.24 bits per heavy atom. The number of Topliss-reactive ketones (excluding diaryl/α,β-unsaturated/α-hetero) is 2. The van der Waals surface area contributed by atoms with Gasteiger partial charge in [-0.25, -0.2) is 4.79 Å². The number of ether oxygens (including phenoxy) is 3. The van der Waals surface area contributed by atoms with Crippen molar-refractivity contribution in [3.8, 4) is 11.5 Å². The van der Waals surface area contributed by atoms with Crippen molar-refractivity contribution in [2.75, 3.05) is 46.9 Å². The fourth-order valence-corrected chi connectivity index (χ4v) is 8.57. The van der Waals surface area contributed by atoms with Gasteiger partial charge in [0.1, 0.15) is 17.3 Å². The number of amides is 2. The van der Waals surface area contributed by atoms with E-state index in [1.54, 1.807) is 20.2 Å². The van der Waals surface area contributed by atoms with Gasteiger partial charge in [0.2, 0.25) is 5.91 Å². The van der Waals surface area contributed by atoms with E-state index in [2.05, 4.69) is 21.3 Å². The number of nitrogens with one attached hydrogen (secondary N) is 1. The molecule has 6 rings (SSSR count). The highest BCUT2D eigenvalue weighted by molar-refractivity contribution is 5.99. The molecule has 14 heteroatoms. The van der Waals surface area contributed by atoms with Gasteiger partial charge >= 0.3 is 6.09 Å². The number of aliphatic hydroxyl groups is 1. The van der Waals surface area contributed by atoms with Crippen molar-refractivity contribution in [3.63, 3.8) is 0 Å². The van der Waals surface area contributed by atoms with Crippen molar-refractivity contribution in [1.82, 2.24) is 15.1 Å². The first-order valence-electron chi connectivity index (χ1n) is 17.7. The number of hydrogen-bond donors (Lipinski definition) is 4. The third-order valence-electron chi connectivity index (χ3n) is 11.2. The van der Waals surface area contributed by atoms with Gasteiger partial charge < -0.3 is 41.0 Å². The summed E-state index contributed by atoms with van der Waals surface area (Å²) in [5.74, 6) is 0.580. The Morgan fingerprint density at radius 2 is 2.02 bits per heavy atom. The topological polar surface area (TPSA) is 199 Å². The molecular weight excluding hydrogens is 644 g/mol. The van der Waals surface area contributed by atoms with Crippen molar-refractivity contribution in [2.24, 2.45) is 28.3 Å². The molecule has 0 aromatic heterocycles. The van der Waals surface area contributed by atoms with Gasteiger partial charge in [0.15, 0.2) is 23.6 Å². The summed E-state index contributed by atoms with van der Waals surface area (Å²) < 4.78 is 18.4. The number of aliphatic imine (C=N–C) groups is 1. The Kier molecular flexibility index (Phi) is 10.1. The summed E-state index contributed by atoms with van der Waals surface area (Å²) in [5.41, 5.74) is 11.0. The van der Waals surface area contributed by atoms with E-state index >= 15 is 0 Å². The highest BCUT2D eigenvalue weighted by atomic mass is 16.6. The molecule has 1 aromatic carbocycles. The lowest BCUT2D eigenvalue weighted by atomic mass is 9.50. The first kappa shape index (κ1) is 35.6. The molecule has 2 aliphatic heterocycles. The Hall–Kier alpha value is -4.17. The van der Waals surface area contributed by atoms with Crippen molar-refractivity contribution in [2.45, 2.75) is 87.9 Å². The van der Waals surface area contributed by atoms with Crippen LogP contribution in [0, 0.1) is 11.8 Å². The minimum atomic E-state index is -1.10. The zero-order valence-corrected chi connectivity index (χ0v) is 29.2. The van der Waals surface area contributed by atoms with Crippen molar-refractivity contribution in [3.05, 3.63) is 35.1 Å². The van der Waals surface area contributed by atoms with Crippen LogP contribution in [-0.2, 0) is 31.0 Å². The minimum Gasteiger partial charge on any atom is -0.493 e. The van der Waals surface area contributed by atoms with E-state index < -0.39 is 29.1 Å². The van der Waals surface area contributed by atoms with Crippen LogP contribution in [0.4, 0.5) is 4.79 Å².